The van der Waals surface area contributed by atoms with Gasteiger partial charge in [0.2, 0.25) is 5.43 Å². The van der Waals surface area contributed by atoms with E-state index in [1.165, 1.54) is 6.20 Å². The van der Waals surface area contributed by atoms with Crippen molar-refractivity contribution < 1.29 is 13.9 Å². The fourth-order valence-corrected chi connectivity index (χ4v) is 4.10. The Balaban J connectivity index is 1.59. The minimum absolute atomic E-state index is 0.0648. The zero-order valence-corrected chi connectivity index (χ0v) is 16.9. The molecule has 162 valence electrons. The van der Waals surface area contributed by atoms with Crippen molar-refractivity contribution in [2.75, 3.05) is 24.6 Å². The van der Waals surface area contributed by atoms with Crippen LogP contribution in [0.25, 0.3) is 11.0 Å². The predicted octanol–water partition coefficient (Wildman–Crippen LogP) is 1.03. The highest BCUT2D eigenvalue weighted by Gasteiger charge is 2.35. The van der Waals surface area contributed by atoms with Crippen molar-refractivity contribution in [3.63, 3.8) is 0 Å². The van der Waals surface area contributed by atoms with E-state index in [4.69, 9.17) is 10.5 Å². The lowest BCUT2D eigenvalue weighted by molar-refractivity contribution is 0.0524. The van der Waals surface area contributed by atoms with Crippen LogP contribution in [0.4, 0.5) is 10.2 Å². The Hall–Kier alpha value is -3.34. The van der Waals surface area contributed by atoms with Crippen LogP contribution in [0.2, 0.25) is 0 Å². The fraction of sp³-hybridized carbons (Fsp3) is 0.450. The number of hydrogen-bond donors (Lipinski definition) is 1. The van der Waals surface area contributed by atoms with Gasteiger partial charge in [0.25, 0.3) is 0 Å². The van der Waals surface area contributed by atoms with Crippen LogP contribution in [0.15, 0.2) is 29.5 Å². The highest BCUT2D eigenvalue weighted by Crippen LogP contribution is 2.37. The second kappa shape index (κ2) is 7.41. The largest absolute Gasteiger partial charge is 0.462 e. The van der Waals surface area contributed by atoms with Crippen molar-refractivity contribution in [1.29, 1.82) is 0 Å². The smallest absolute Gasteiger partial charge is 0.343 e. The van der Waals surface area contributed by atoms with Gasteiger partial charge >= 0.3 is 5.97 Å². The Kier molecular flexibility index (Phi) is 4.69. The molecule has 2 N–H and O–H groups in total. The van der Waals surface area contributed by atoms with E-state index in [-0.39, 0.29) is 41.5 Å². The van der Waals surface area contributed by atoms with Gasteiger partial charge in [0.15, 0.2) is 11.6 Å². The number of esters is 1. The Labute approximate surface area is 176 Å². The molecule has 0 radical (unpaired) electrons. The SMILES string of the molecule is CCOC(=O)c1cn(C2CC2)c2nc(N3C[C@@H](N)[C@@H](n4ccnn4)C3)c(F)cc2c1=O. The second-order valence-corrected chi connectivity index (χ2v) is 7.92. The maximum absolute atomic E-state index is 15.1. The number of fused-ring (bicyclic) bond motifs is 1. The number of nitrogens with zero attached hydrogens (tertiary/aromatic N) is 6. The molecule has 2 atom stereocenters. The van der Waals surface area contributed by atoms with E-state index in [1.807, 2.05) is 0 Å². The van der Waals surface area contributed by atoms with Crippen molar-refractivity contribution in [2.24, 2.45) is 5.73 Å². The van der Waals surface area contributed by atoms with E-state index in [0.29, 0.717) is 18.7 Å². The number of anilines is 1. The zero-order valence-electron chi connectivity index (χ0n) is 16.9. The third-order valence-corrected chi connectivity index (χ3v) is 5.79. The maximum atomic E-state index is 15.1. The standard InChI is InChI=1S/C20H22FN7O3/c1-2-31-20(30)13-8-27(11-3-4-11)18-12(17(13)29)7-14(21)19(24-18)26-9-15(22)16(10-26)28-6-5-23-25-28/h5-8,11,15-16H,2-4,9-10,22H2,1H3/t15-,16+/m1/s1. The lowest BCUT2D eigenvalue weighted by Gasteiger charge is -2.20. The Morgan fingerprint density at radius 1 is 1.35 bits per heavy atom. The first kappa shape index (κ1) is 19.6. The number of hydrogen-bond acceptors (Lipinski definition) is 8. The van der Waals surface area contributed by atoms with Crippen molar-refractivity contribution in [2.45, 2.75) is 37.9 Å². The molecule has 0 amide bonds. The number of carbonyl (C=O) groups excluding carboxylic acids is 1. The molecule has 2 fully saturated rings. The predicted molar refractivity (Wildman–Crippen MR) is 109 cm³/mol. The molecule has 5 rings (SSSR count). The molecule has 4 heterocycles. The van der Waals surface area contributed by atoms with E-state index in [0.717, 1.165) is 18.9 Å². The monoisotopic (exact) mass is 427 g/mol. The van der Waals surface area contributed by atoms with Crippen LogP contribution in [0.1, 0.15) is 42.2 Å². The van der Waals surface area contributed by atoms with Crippen LogP contribution in [0.5, 0.6) is 0 Å². The van der Waals surface area contributed by atoms with E-state index >= 15 is 4.39 Å². The first-order valence-corrected chi connectivity index (χ1v) is 10.3. The average molecular weight is 427 g/mol. The fourth-order valence-electron chi connectivity index (χ4n) is 4.10. The Morgan fingerprint density at radius 3 is 2.84 bits per heavy atom. The molecule has 1 saturated heterocycles. The molecule has 1 saturated carbocycles. The van der Waals surface area contributed by atoms with Crippen LogP contribution in [-0.2, 0) is 4.74 Å². The molecular formula is C20H22FN7O3. The summed E-state index contributed by atoms with van der Waals surface area (Å²) >= 11 is 0. The molecule has 10 nitrogen and oxygen atoms in total. The molecule has 3 aromatic heterocycles. The van der Waals surface area contributed by atoms with Crippen molar-refractivity contribution in [1.82, 2.24) is 24.5 Å². The molecule has 11 heteroatoms. The minimum atomic E-state index is -0.713. The molecule has 0 bridgehead atoms. The van der Waals surface area contributed by atoms with Gasteiger partial charge in [-0.1, -0.05) is 5.21 Å². The normalized spacial score (nSPS) is 21.1. The molecular weight excluding hydrogens is 405 g/mol. The number of nitrogens with two attached hydrogens (primary N) is 1. The van der Waals surface area contributed by atoms with Gasteiger partial charge in [0.1, 0.15) is 11.2 Å². The number of ether oxygens (including phenoxy) is 1. The van der Waals surface area contributed by atoms with Crippen molar-refractivity contribution in [3.8, 4) is 0 Å². The number of carbonyl (C=O) groups is 1. The Morgan fingerprint density at radius 2 is 2.16 bits per heavy atom. The van der Waals surface area contributed by atoms with Crippen molar-refractivity contribution >= 4 is 22.8 Å². The van der Waals surface area contributed by atoms with E-state index in [1.54, 1.807) is 33.5 Å². The molecule has 3 aromatic rings. The summed E-state index contributed by atoms with van der Waals surface area (Å²) in [5.74, 6) is -1.22. The summed E-state index contributed by atoms with van der Waals surface area (Å²) in [4.78, 5) is 31.5. The highest BCUT2D eigenvalue weighted by molar-refractivity contribution is 5.93. The van der Waals surface area contributed by atoms with Gasteiger partial charge < -0.3 is 19.9 Å². The number of pyridine rings is 2. The molecule has 1 aliphatic heterocycles. The number of aromatic nitrogens is 5. The van der Waals surface area contributed by atoms with Crippen LogP contribution in [-0.4, -0.2) is 56.3 Å². The summed E-state index contributed by atoms with van der Waals surface area (Å²) in [5, 5.41) is 7.88. The third-order valence-electron chi connectivity index (χ3n) is 5.79. The van der Waals surface area contributed by atoms with Gasteiger partial charge in [-0.15, -0.1) is 5.10 Å². The zero-order chi connectivity index (χ0) is 21.7. The quantitative estimate of drug-likeness (QED) is 0.599. The maximum Gasteiger partial charge on any atom is 0.343 e. The van der Waals surface area contributed by atoms with Gasteiger partial charge in [0.05, 0.1) is 24.2 Å². The molecule has 0 spiro atoms. The minimum Gasteiger partial charge on any atom is -0.462 e. The molecule has 1 aliphatic carbocycles. The van der Waals surface area contributed by atoms with Gasteiger partial charge in [-0.3, -0.25) is 4.79 Å². The summed E-state index contributed by atoms with van der Waals surface area (Å²) in [6.07, 6.45) is 6.58. The van der Waals surface area contributed by atoms with Crippen LogP contribution < -0.4 is 16.1 Å². The van der Waals surface area contributed by atoms with Gasteiger partial charge in [-0.05, 0) is 25.8 Å². The van der Waals surface area contributed by atoms with Crippen LogP contribution in [0.3, 0.4) is 0 Å². The van der Waals surface area contributed by atoms with Crippen molar-refractivity contribution in [3.05, 3.63) is 46.3 Å². The summed E-state index contributed by atoms with van der Waals surface area (Å²) in [6.45, 7) is 2.61. The van der Waals surface area contributed by atoms with Crippen LogP contribution in [0, 0.1) is 5.82 Å². The van der Waals surface area contributed by atoms with Gasteiger partial charge in [-0.25, -0.2) is 18.9 Å². The summed E-state index contributed by atoms with van der Waals surface area (Å²) in [6, 6.07) is 0.827. The van der Waals surface area contributed by atoms with Gasteiger partial charge in [0, 0.05) is 37.6 Å². The van der Waals surface area contributed by atoms with E-state index in [9.17, 15) is 9.59 Å². The number of rotatable bonds is 5. The first-order valence-electron chi connectivity index (χ1n) is 10.3. The molecule has 0 unspecified atom stereocenters. The molecule has 0 aromatic carbocycles. The third kappa shape index (κ3) is 3.34. The summed E-state index contributed by atoms with van der Waals surface area (Å²) < 4.78 is 23.6. The lowest BCUT2D eigenvalue weighted by atomic mass is 10.2. The second-order valence-electron chi connectivity index (χ2n) is 7.92. The van der Waals surface area contributed by atoms with Gasteiger partial charge in [-0.2, -0.15) is 0 Å². The molecule has 31 heavy (non-hydrogen) atoms. The van der Waals surface area contributed by atoms with E-state index in [2.05, 4.69) is 15.3 Å². The highest BCUT2D eigenvalue weighted by atomic mass is 19.1. The number of halogens is 1. The lowest BCUT2D eigenvalue weighted by Crippen LogP contribution is -2.31. The van der Waals surface area contributed by atoms with E-state index < -0.39 is 17.2 Å². The summed E-state index contributed by atoms with van der Waals surface area (Å²) in [7, 11) is 0. The first-order chi connectivity index (χ1) is 15.0. The average Bonchev–Trinajstić information content (AvgIpc) is 3.30. The summed E-state index contributed by atoms with van der Waals surface area (Å²) in [5.41, 5.74) is 5.94. The van der Waals surface area contributed by atoms with Crippen LogP contribution >= 0.6 is 0 Å². The Bertz CT molecular complexity index is 1210. The molecule has 2 aliphatic rings. The topological polar surface area (TPSA) is 121 Å².